The zero-order valence-corrected chi connectivity index (χ0v) is 9.62. The van der Waals surface area contributed by atoms with Gasteiger partial charge in [-0.25, -0.2) is 4.98 Å². The van der Waals surface area contributed by atoms with Crippen molar-refractivity contribution in [2.75, 3.05) is 18.9 Å². The number of ether oxygens (including phenoxy) is 1. The minimum absolute atomic E-state index is 0.625. The maximum atomic E-state index is 5.76. The number of hydrogen-bond acceptors (Lipinski definition) is 3. The summed E-state index contributed by atoms with van der Waals surface area (Å²) >= 11 is 0. The van der Waals surface area contributed by atoms with E-state index in [0.29, 0.717) is 5.82 Å². The highest BCUT2D eigenvalue weighted by atomic mass is 16.5. The smallest absolute Gasteiger partial charge is 0.126 e. The zero-order chi connectivity index (χ0) is 11.1. The fourth-order valence-corrected chi connectivity index (χ4v) is 1.37. The van der Waals surface area contributed by atoms with Gasteiger partial charge in [0, 0.05) is 12.8 Å². The lowest BCUT2D eigenvalue weighted by molar-refractivity contribution is 0.134. The molecule has 0 atom stereocenters. The van der Waals surface area contributed by atoms with Gasteiger partial charge >= 0.3 is 0 Å². The Bertz CT molecular complexity index is 300. The van der Waals surface area contributed by atoms with Crippen molar-refractivity contribution in [3.8, 4) is 0 Å². The van der Waals surface area contributed by atoms with Crippen molar-refractivity contribution in [3.63, 3.8) is 0 Å². The molecule has 1 rings (SSSR count). The lowest BCUT2D eigenvalue weighted by Gasteiger charge is -2.06. The molecule has 0 saturated carbocycles. The quantitative estimate of drug-likeness (QED) is 0.730. The van der Waals surface area contributed by atoms with Crippen LogP contribution in [-0.2, 0) is 11.2 Å². The number of pyridine rings is 1. The van der Waals surface area contributed by atoms with Crippen molar-refractivity contribution in [2.24, 2.45) is 0 Å². The summed E-state index contributed by atoms with van der Waals surface area (Å²) in [7, 11) is 0. The van der Waals surface area contributed by atoms with E-state index in [1.165, 1.54) is 6.42 Å². The van der Waals surface area contributed by atoms with Crippen LogP contribution >= 0.6 is 0 Å². The maximum Gasteiger partial charge on any atom is 0.126 e. The number of unbranched alkanes of at least 4 members (excludes halogenated alkanes) is 1. The molecule has 0 radical (unpaired) electrons. The van der Waals surface area contributed by atoms with Gasteiger partial charge in [-0.05, 0) is 30.9 Å². The van der Waals surface area contributed by atoms with E-state index in [9.17, 15) is 0 Å². The molecule has 1 aromatic rings. The van der Waals surface area contributed by atoms with Crippen LogP contribution in [0.2, 0.25) is 0 Å². The summed E-state index contributed by atoms with van der Waals surface area (Å²) in [5, 5.41) is 0. The summed E-state index contributed by atoms with van der Waals surface area (Å²) in [5.41, 5.74) is 8.00. The van der Waals surface area contributed by atoms with Crippen molar-refractivity contribution in [3.05, 3.63) is 23.4 Å². The topological polar surface area (TPSA) is 48.1 Å². The Hall–Kier alpha value is -1.09. The van der Waals surface area contributed by atoms with E-state index in [0.717, 1.165) is 37.2 Å². The highest BCUT2D eigenvalue weighted by molar-refractivity contribution is 5.40. The van der Waals surface area contributed by atoms with Crippen LogP contribution in [0.4, 0.5) is 5.82 Å². The highest BCUT2D eigenvalue weighted by Gasteiger charge is 2.00. The van der Waals surface area contributed by atoms with Crippen LogP contribution in [-0.4, -0.2) is 18.2 Å². The molecule has 0 aliphatic carbocycles. The monoisotopic (exact) mass is 208 g/mol. The molecule has 84 valence electrons. The Morgan fingerprint density at radius 1 is 1.40 bits per heavy atom. The van der Waals surface area contributed by atoms with Gasteiger partial charge in [0.2, 0.25) is 0 Å². The van der Waals surface area contributed by atoms with Crippen LogP contribution in [0.3, 0.4) is 0 Å². The molecule has 0 unspecified atom stereocenters. The standard InChI is InChI=1S/C12H20N2O/c1-3-4-6-15-7-5-11-8-10(2)9-14-12(11)13/h8-9H,3-7H2,1-2H3,(H2,13,14). The Balaban J connectivity index is 2.33. The summed E-state index contributed by atoms with van der Waals surface area (Å²) < 4.78 is 5.49. The molecule has 0 spiro atoms. The normalized spacial score (nSPS) is 10.5. The van der Waals surface area contributed by atoms with Crippen LogP contribution in [0.1, 0.15) is 30.9 Å². The summed E-state index contributed by atoms with van der Waals surface area (Å²) in [6.45, 7) is 5.75. The first-order chi connectivity index (χ1) is 7.24. The molecule has 2 N–H and O–H groups in total. The van der Waals surface area contributed by atoms with Gasteiger partial charge < -0.3 is 10.5 Å². The molecule has 1 aromatic heterocycles. The lowest BCUT2D eigenvalue weighted by atomic mass is 10.1. The predicted octanol–water partition coefficient (Wildman–Crippen LogP) is 2.33. The maximum absolute atomic E-state index is 5.76. The third-order valence-electron chi connectivity index (χ3n) is 2.30. The largest absolute Gasteiger partial charge is 0.383 e. The molecule has 0 aliphatic rings. The number of rotatable bonds is 6. The number of nitrogens with zero attached hydrogens (tertiary/aromatic N) is 1. The Kier molecular flexibility index (Phi) is 5.12. The van der Waals surface area contributed by atoms with Gasteiger partial charge in [0.1, 0.15) is 5.82 Å². The van der Waals surface area contributed by atoms with E-state index in [1.54, 1.807) is 6.20 Å². The van der Waals surface area contributed by atoms with Crippen LogP contribution < -0.4 is 5.73 Å². The van der Waals surface area contributed by atoms with Crippen molar-refractivity contribution < 1.29 is 4.74 Å². The minimum atomic E-state index is 0.625. The van der Waals surface area contributed by atoms with E-state index in [1.807, 2.05) is 6.92 Å². The van der Waals surface area contributed by atoms with E-state index < -0.39 is 0 Å². The van der Waals surface area contributed by atoms with Gasteiger partial charge in [-0.2, -0.15) is 0 Å². The van der Waals surface area contributed by atoms with Gasteiger partial charge in [0.05, 0.1) is 6.61 Å². The highest BCUT2D eigenvalue weighted by Crippen LogP contribution is 2.10. The van der Waals surface area contributed by atoms with Crippen LogP contribution in [0.5, 0.6) is 0 Å². The molecule has 0 aliphatic heterocycles. The molecule has 0 amide bonds. The number of nitrogens with two attached hydrogens (primary N) is 1. The fraction of sp³-hybridized carbons (Fsp3) is 0.583. The van der Waals surface area contributed by atoms with Crippen molar-refractivity contribution in [1.29, 1.82) is 0 Å². The minimum Gasteiger partial charge on any atom is -0.383 e. The number of aromatic nitrogens is 1. The average Bonchev–Trinajstić information content (AvgIpc) is 2.23. The van der Waals surface area contributed by atoms with Crippen LogP contribution in [0.15, 0.2) is 12.3 Å². The second-order valence-electron chi connectivity index (χ2n) is 3.77. The molecule has 0 bridgehead atoms. The molecular weight excluding hydrogens is 188 g/mol. The second kappa shape index (κ2) is 6.40. The summed E-state index contributed by atoms with van der Waals surface area (Å²) in [6.07, 6.45) is 4.94. The Morgan fingerprint density at radius 3 is 2.93 bits per heavy atom. The summed E-state index contributed by atoms with van der Waals surface area (Å²) in [6, 6.07) is 2.07. The van der Waals surface area contributed by atoms with Gasteiger partial charge in [0.15, 0.2) is 0 Å². The molecule has 15 heavy (non-hydrogen) atoms. The molecule has 1 heterocycles. The van der Waals surface area contributed by atoms with Crippen molar-refractivity contribution in [2.45, 2.75) is 33.1 Å². The Morgan fingerprint density at radius 2 is 2.20 bits per heavy atom. The molecule has 3 heteroatoms. The summed E-state index contributed by atoms with van der Waals surface area (Å²) in [4.78, 5) is 4.12. The summed E-state index contributed by atoms with van der Waals surface area (Å²) in [5.74, 6) is 0.625. The first-order valence-electron chi connectivity index (χ1n) is 5.52. The predicted molar refractivity (Wildman–Crippen MR) is 62.8 cm³/mol. The van der Waals surface area contributed by atoms with Gasteiger partial charge in [-0.1, -0.05) is 19.4 Å². The van der Waals surface area contributed by atoms with Crippen LogP contribution in [0.25, 0.3) is 0 Å². The van der Waals surface area contributed by atoms with E-state index in [-0.39, 0.29) is 0 Å². The van der Waals surface area contributed by atoms with Crippen molar-refractivity contribution >= 4 is 5.82 Å². The SMILES string of the molecule is CCCCOCCc1cc(C)cnc1N. The zero-order valence-electron chi connectivity index (χ0n) is 9.62. The number of nitrogen functional groups attached to an aromatic ring is 1. The average molecular weight is 208 g/mol. The molecule has 3 nitrogen and oxygen atoms in total. The van der Waals surface area contributed by atoms with Gasteiger partial charge in [-0.15, -0.1) is 0 Å². The van der Waals surface area contributed by atoms with Crippen molar-refractivity contribution in [1.82, 2.24) is 4.98 Å². The Labute approximate surface area is 91.7 Å². The molecule has 0 saturated heterocycles. The molecule has 0 fully saturated rings. The third-order valence-corrected chi connectivity index (χ3v) is 2.30. The fourth-order valence-electron chi connectivity index (χ4n) is 1.37. The molecule has 0 aromatic carbocycles. The number of hydrogen-bond donors (Lipinski definition) is 1. The van der Waals surface area contributed by atoms with E-state index in [4.69, 9.17) is 10.5 Å². The number of aryl methyl sites for hydroxylation is 1. The lowest BCUT2D eigenvalue weighted by Crippen LogP contribution is -2.04. The first kappa shape index (κ1) is 12.0. The third kappa shape index (κ3) is 4.30. The molecular formula is C12H20N2O. The number of anilines is 1. The van der Waals surface area contributed by atoms with Gasteiger partial charge in [-0.3, -0.25) is 0 Å². The second-order valence-corrected chi connectivity index (χ2v) is 3.77. The van der Waals surface area contributed by atoms with E-state index in [2.05, 4.69) is 18.0 Å². The van der Waals surface area contributed by atoms with Crippen LogP contribution in [0, 0.1) is 6.92 Å². The van der Waals surface area contributed by atoms with Gasteiger partial charge in [0.25, 0.3) is 0 Å². The first-order valence-corrected chi connectivity index (χ1v) is 5.52. The van der Waals surface area contributed by atoms with E-state index >= 15 is 0 Å².